The van der Waals surface area contributed by atoms with Crippen molar-refractivity contribution < 1.29 is 4.39 Å². The lowest BCUT2D eigenvalue weighted by Crippen LogP contribution is -2.28. The third-order valence-corrected chi connectivity index (χ3v) is 5.32. The van der Waals surface area contributed by atoms with Crippen LogP contribution in [0.5, 0.6) is 0 Å². The molecule has 20 heavy (non-hydrogen) atoms. The van der Waals surface area contributed by atoms with Crippen LogP contribution in [0.3, 0.4) is 0 Å². The lowest BCUT2D eigenvalue weighted by atomic mass is 9.99. The molecule has 0 radical (unpaired) electrons. The Morgan fingerprint density at radius 3 is 2.75 bits per heavy atom. The second-order valence-electron chi connectivity index (χ2n) is 5.76. The number of hydrogen-bond donors (Lipinski definition) is 0. The van der Waals surface area contributed by atoms with Crippen LogP contribution in [0.15, 0.2) is 12.1 Å². The Labute approximate surface area is 136 Å². The highest BCUT2D eigenvalue weighted by atomic mass is 127. The lowest BCUT2D eigenvalue weighted by molar-refractivity contribution is 0.329. The van der Waals surface area contributed by atoms with Crippen molar-refractivity contribution in [2.45, 2.75) is 44.6 Å². The maximum Gasteiger partial charge on any atom is 0.138 e. The van der Waals surface area contributed by atoms with Gasteiger partial charge < -0.3 is 4.57 Å². The molecule has 1 aromatic heterocycles. The van der Waals surface area contributed by atoms with Crippen molar-refractivity contribution in [1.29, 1.82) is 0 Å². The molecule has 0 spiro atoms. The topological polar surface area (TPSA) is 17.8 Å². The molecule has 0 aliphatic heterocycles. The summed E-state index contributed by atoms with van der Waals surface area (Å²) in [5.41, 5.74) is 1.84. The van der Waals surface area contributed by atoms with E-state index in [4.69, 9.17) is 16.6 Å². The molecule has 2 aromatic rings. The van der Waals surface area contributed by atoms with Crippen molar-refractivity contribution in [2.75, 3.05) is 5.88 Å². The van der Waals surface area contributed by atoms with Gasteiger partial charge in [-0.3, -0.25) is 0 Å². The second kappa shape index (κ2) is 5.44. The molecule has 1 saturated carbocycles. The molecule has 0 N–H and O–H groups in total. The number of fused-ring (bicyclic) bond motifs is 1. The molecule has 1 heterocycles. The zero-order chi connectivity index (χ0) is 14.3. The van der Waals surface area contributed by atoms with Crippen molar-refractivity contribution >= 4 is 45.2 Å². The van der Waals surface area contributed by atoms with Gasteiger partial charge in [0.1, 0.15) is 11.6 Å². The summed E-state index contributed by atoms with van der Waals surface area (Å²) >= 11 is 7.94. The number of benzene rings is 1. The summed E-state index contributed by atoms with van der Waals surface area (Å²) in [6, 6.07) is 3.46. The van der Waals surface area contributed by atoms with E-state index in [1.165, 1.54) is 12.8 Å². The molecule has 5 heteroatoms. The van der Waals surface area contributed by atoms with Crippen LogP contribution in [-0.4, -0.2) is 15.4 Å². The minimum atomic E-state index is -0.168. The van der Waals surface area contributed by atoms with E-state index in [9.17, 15) is 4.39 Å². The highest BCUT2D eigenvalue weighted by Gasteiger charge is 2.34. The summed E-state index contributed by atoms with van der Waals surface area (Å²) < 4.78 is 16.8. The molecule has 0 atom stereocenters. The van der Waals surface area contributed by atoms with E-state index in [1.54, 1.807) is 6.07 Å². The Morgan fingerprint density at radius 2 is 2.10 bits per heavy atom. The highest BCUT2D eigenvalue weighted by molar-refractivity contribution is 14.1. The van der Waals surface area contributed by atoms with E-state index >= 15 is 0 Å². The van der Waals surface area contributed by atoms with E-state index in [0.29, 0.717) is 9.45 Å². The van der Waals surface area contributed by atoms with Gasteiger partial charge in [0.2, 0.25) is 0 Å². The van der Waals surface area contributed by atoms with Crippen molar-refractivity contribution in [3.63, 3.8) is 0 Å². The van der Waals surface area contributed by atoms with Gasteiger partial charge in [-0.05, 0) is 48.4 Å². The summed E-state index contributed by atoms with van der Waals surface area (Å²) in [4.78, 5) is 4.70. The van der Waals surface area contributed by atoms with Crippen LogP contribution in [0.2, 0.25) is 0 Å². The number of aromatic nitrogens is 2. The minimum Gasteiger partial charge on any atom is -0.322 e. The third kappa shape index (κ3) is 2.34. The van der Waals surface area contributed by atoms with Crippen LogP contribution in [-0.2, 0) is 12.0 Å². The Balaban J connectivity index is 2.25. The Hall–Kier alpha value is -0.360. The molecule has 2 nitrogen and oxygen atoms in total. The smallest absolute Gasteiger partial charge is 0.138 e. The van der Waals surface area contributed by atoms with E-state index in [2.05, 4.69) is 11.5 Å². The predicted molar refractivity (Wildman–Crippen MR) is 88.9 cm³/mol. The van der Waals surface area contributed by atoms with Crippen molar-refractivity contribution in [3.05, 3.63) is 27.3 Å². The average Bonchev–Trinajstić information content (AvgIpc) is 2.96. The molecule has 1 fully saturated rings. The standard InChI is InChI=1S/C15H17ClFIN2/c1-15(5-2-3-6-15)20-13-8-10(17)11(18)9-12(13)19-14(20)4-7-16/h8-9H,2-7H2,1H3. The average molecular weight is 407 g/mol. The summed E-state index contributed by atoms with van der Waals surface area (Å²) in [6.45, 7) is 2.26. The molecule has 1 aliphatic rings. The molecular formula is C15H17ClFIN2. The quantitative estimate of drug-likeness (QED) is 0.526. The fraction of sp³-hybridized carbons (Fsp3) is 0.533. The van der Waals surface area contributed by atoms with Crippen LogP contribution >= 0.6 is 34.2 Å². The van der Waals surface area contributed by atoms with Crippen molar-refractivity contribution in [2.24, 2.45) is 0 Å². The van der Waals surface area contributed by atoms with E-state index < -0.39 is 0 Å². The zero-order valence-corrected chi connectivity index (χ0v) is 14.3. The van der Waals surface area contributed by atoms with Gasteiger partial charge in [-0.15, -0.1) is 11.6 Å². The number of aryl methyl sites for hydroxylation is 1. The third-order valence-electron chi connectivity index (χ3n) is 4.30. The van der Waals surface area contributed by atoms with Crippen LogP contribution in [0.4, 0.5) is 4.39 Å². The highest BCUT2D eigenvalue weighted by Crippen LogP contribution is 2.40. The maximum atomic E-state index is 14.0. The number of hydrogen-bond acceptors (Lipinski definition) is 1. The van der Waals surface area contributed by atoms with Gasteiger partial charge in [-0.2, -0.15) is 0 Å². The lowest BCUT2D eigenvalue weighted by Gasteiger charge is -2.29. The van der Waals surface area contributed by atoms with Gasteiger partial charge in [0.05, 0.1) is 14.6 Å². The van der Waals surface area contributed by atoms with Crippen LogP contribution in [0.25, 0.3) is 11.0 Å². The largest absolute Gasteiger partial charge is 0.322 e. The van der Waals surface area contributed by atoms with E-state index in [-0.39, 0.29) is 11.4 Å². The fourth-order valence-corrected chi connectivity index (χ4v) is 3.96. The Morgan fingerprint density at radius 1 is 1.40 bits per heavy atom. The van der Waals surface area contributed by atoms with Crippen LogP contribution in [0, 0.1) is 9.39 Å². The van der Waals surface area contributed by atoms with E-state index in [1.807, 2.05) is 28.7 Å². The second-order valence-corrected chi connectivity index (χ2v) is 7.30. The molecule has 0 amide bonds. The number of rotatable bonds is 3. The van der Waals surface area contributed by atoms with Gasteiger partial charge in [0.15, 0.2) is 0 Å². The summed E-state index contributed by atoms with van der Waals surface area (Å²) in [7, 11) is 0. The molecule has 0 bridgehead atoms. The van der Waals surface area contributed by atoms with Gasteiger partial charge in [0, 0.05) is 23.9 Å². The number of alkyl halides is 1. The summed E-state index contributed by atoms with van der Waals surface area (Å²) in [5, 5.41) is 0. The van der Waals surface area contributed by atoms with Crippen molar-refractivity contribution in [1.82, 2.24) is 9.55 Å². The first-order valence-electron chi connectivity index (χ1n) is 6.98. The van der Waals surface area contributed by atoms with Crippen molar-refractivity contribution in [3.8, 4) is 0 Å². The molecule has 0 unspecified atom stereocenters. The molecular weight excluding hydrogens is 390 g/mol. The normalized spacial score (nSPS) is 18.0. The Bertz CT molecular complexity index is 647. The number of halogens is 3. The van der Waals surface area contributed by atoms with Gasteiger partial charge >= 0.3 is 0 Å². The fourth-order valence-electron chi connectivity index (χ4n) is 3.34. The molecule has 3 rings (SSSR count). The van der Waals surface area contributed by atoms with Crippen LogP contribution < -0.4 is 0 Å². The SMILES string of the molecule is CC1(n2c(CCCl)nc3cc(I)c(F)cc32)CCCC1. The Kier molecular flexibility index (Phi) is 3.97. The van der Waals surface area contributed by atoms with Gasteiger partial charge in [0.25, 0.3) is 0 Å². The van der Waals surface area contributed by atoms with Gasteiger partial charge in [-0.1, -0.05) is 12.8 Å². The number of nitrogens with zero attached hydrogens (tertiary/aromatic N) is 2. The molecule has 0 saturated heterocycles. The van der Waals surface area contributed by atoms with Crippen LogP contribution in [0.1, 0.15) is 38.4 Å². The maximum absolute atomic E-state index is 14.0. The molecule has 1 aromatic carbocycles. The summed E-state index contributed by atoms with van der Waals surface area (Å²) in [5.74, 6) is 1.36. The van der Waals surface area contributed by atoms with Gasteiger partial charge in [-0.25, -0.2) is 9.37 Å². The first-order valence-corrected chi connectivity index (χ1v) is 8.59. The molecule has 108 valence electrons. The van der Waals surface area contributed by atoms with E-state index in [0.717, 1.165) is 36.1 Å². The number of imidazole rings is 1. The minimum absolute atomic E-state index is 0.0510. The first kappa shape index (κ1) is 14.6. The predicted octanol–water partition coefficient (Wildman–Crippen LogP) is 4.85. The monoisotopic (exact) mass is 406 g/mol. The zero-order valence-electron chi connectivity index (χ0n) is 11.4. The molecule has 1 aliphatic carbocycles. The summed E-state index contributed by atoms with van der Waals surface area (Å²) in [6.07, 6.45) is 5.43. The first-order chi connectivity index (χ1) is 9.55.